The molecule has 3 aliphatic heterocycles. The average Bonchev–Trinajstić information content (AvgIpc) is 2.93. The Balaban J connectivity index is 1.46. The Morgan fingerprint density at radius 1 is 1.08 bits per heavy atom. The first-order valence-electron chi connectivity index (χ1n) is 12.2. The van der Waals surface area contributed by atoms with Gasteiger partial charge in [-0.15, -0.1) is 11.8 Å². The van der Waals surface area contributed by atoms with Crippen LogP contribution in [0.15, 0.2) is 24.3 Å². The number of carbonyl (C=O) groups is 4. The molecule has 0 bridgehead atoms. The fraction of sp³-hybridized carbons (Fsp3) is 0.565. The molecule has 0 aliphatic carbocycles. The minimum absolute atomic E-state index is 0.0521. The molecule has 5 amide bonds. The van der Waals surface area contributed by atoms with Gasteiger partial charge in [-0.2, -0.15) is 0 Å². The number of ether oxygens (including phenoxy) is 1. The summed E-state index contributed by atoms with van der Waals surface area (Å²) < 4.78 is 5.02. The molecule has 206 valence electrons. The van der Waals surface area contributed by atoms with Crippen LogP contribution in [0, 0.1) is 16.0 Å². The van der Waals surface area contributed by atoms with Crippen molar-refractivity contribution in [3.05, 3.63) is 39.9 Å². The van der Waals surface area contributed by atoms with Crippen molar-refractivity contribution >= 4 is 41.4 Å². The van der Waals surface area contributed by atoms with Crippen LogP contribution >= 0.6 is 11.8 Å². The lowest BCUT2D eigenvalue weighted by molar-refractivity contribution is -0.384. The molecule has 1 aromatic carbocycles. The third-order valence-electron chi connectivity index (χ3n) is 6.94. The molecule has 0 aromatic heterocycles. The first kappa shape index (κ1) is 27.6. The van der Waals surface area contributed by atoms with Gasteiger partial charge in [-0.3, -0.25) is 35.2 Å². The molecule has 3 heterocycles. The molecule has 2 N–H and O–H groups in total. The number of imide groups is 1. The zero-order chi connectivity index (χ0) is 27.6. The number of rotatable bonds is 6. The third kappa shape index (κ3) is 5.54. The Morgan fingerprint density at radius 3 is 2.32 bits per heavy atom. The van der Waals surface area contributed by atoms with Crippen LogP contribution in [0.5, 0.6) is 0 Å². The fourth-order valence-corrected chi connectivity index (χ4v) is 5.99. The van der Waals surface area contributed by atoms with Gasteiger partial charge in [-0.1, -0.05) is 0 Å². The van der Waals surface area contributed by atoms with E-state index in [1.807, 2.05) is 0 Å². The Kier molecular flexibility index (Phi) is 8.38. The third-order valence-corrected chi connectivity index (χ3v) is 8.14. The lowest BCUT2D eigenvalue weighted by Gasteiger charge is -2.50. The van der Waals surface area contributed by atoms with Crippen LogP contribution in [0.4, 0.5) is 15.3 Å². The second-order valence-corrected chi connectivity index (χ2v) is 10.3. The van der Waals surface area contributed by atoms with E-state index < -0.39 is 40.7 Å². The number of nitro groups is 1. The van der Waals surface area contributed by atoms with E-state index in [2.05, 4.69) is 10.6 Å². The standard InChI is InChI=1S/C23H31N7O7S/c1-4-37-23(34)29-11-9-28(10-12-29)16(31)13-38-20-17-19(26(2)22(33)27(3)21(17)32)24-18(25-20)14-5-7-15(8-6-14)30(35)36/h5-8,17-20,24-25H,4,9-13H2,1-3H3. The Bertz CT molecular complexity index is 1100. The van der Waals surface area contributed by atoms with Gasteiger partial charge in [-0.25, -0.2) is 9.59 Å². The van der Waals surface area contributed by atoms with E-state index in [0.717, 1.165) is 4.90 Å². The summed E-state index contributed by atoms with van der Waals surface area (Å²) in [4.78, 5) is 67.1. The predicted octanol–water partition coefficient (Wildman–Crippen LogP) is 0.612. The van der Waals surface area contributed by atoms with Gasteiger partial charge in [0.05, 0.1) is 40.9 Å². The number of hydrogen-bond acceptors (Lipinski definition) is 10. The lowest BCUT2D eigenvalue weighted by atomic mass is 9.96. The molecular formula is C23H31N7O7S. The summed E-state index contributed by atoms with van der Waals surface area (Å²) >= 11 is 1.27. The summed E-state index contributed by atoms with van der Waals surface area (Å²) in [7, 11) is 3.03. The molecule has 0 radical (unpaired) electrons. The maximum atomic E-state index is 13.2. The molecule has 4 atom stereocenters. The molecule has 4 unspecified atom stereocenters. The summed E-state index contributed by atoms with van der Waals surface area (Å²) in [5.41, 5.74) is 0.636. The van der Waals surface area contributed by atoms with Crippen LogP contribution in [0.1, 0.15) is 18.7 Å². The Hall–Kier alpha value is -3.43. The minimum atomic E-state index is -0.671. The smallest absolute Gasteiger partial charge is 0.409 e. The van der Waals surface area contributed by atoms with Crippen LogP contribution in [0.3, 0.4) is 0 Å². The number of benzene rings is 1. The highest BCUT2D eigenvalue weighted by Crippen LogP contribution is 2.34. The molecular weight excluding hydrogens is 518 g/mol. The van der Waals surface area contributed by atoms with E-state index in [4.69, 9.17) is 4.74 Å². The number of piperazine rings is 1. The largest absolute Gasteiger partial charge is 0.450 e. The molecule has 0 saturated carbocycles. The number of thioether (sulfide) groups is 1. The van der Waals surface area contributed by atoms with Crippen molar-refractivity contribution in [3.63, 3.8) is 0 Å². The van der Waals surface area contributed by atoms with Gasteiger partial charge in [0.25, 0.3) is 5.69 Å². The molecule has 0 spiro atoms. The van der Waals surface area contributed by atoms with Gasteiger partial charge in [0.15, 0.2) is 0 Å². The van der Waals surface area contributed by atoms with Crippen molar-refractivity contribution in [2.24, 2.45) is 5.92 Å². The number of urea groups is 1. The maximum absolute atomic E-state index is 13.2. The quantitative estimate of drug-likeness (QED) is 0.381. The van der Waals surface area contributed by atoms with E-state index in [9.17, 15) is 29.3 Å². The monoisotopic (exact) mass is 549 g/mol. The molecule has 3 saturated heterocycles. The molecule has 4 rings (SSSR count). The molecule has 38 heavy (non-hydrogen) atoms. The number of non-ortho nitro benzene ring substituents is 1. The normalized spacial score (nSPS) is 25.8. The summed E-state index contributed by atoms with van der Waals surface area (Å²) in [5, 5.41) is 17.2. The van der Waals surface area contributed by atoms with Crippen LogP contribution in [-0.4, -0.2) is 113 Å². The zero-order valence-corrected chi connectivity index (χ0v) is 22.2. The van der Waals surface area contributed by atoms with Gasteiger partial charge in [0, 0.05) is 52.4 Å². The lowest BCUT2D eigenvalue weighted by Crippen LogP contribution is -2.72. The van der Waals surface area contributed by atoms with Crippen molar-refractivity contribution in [1.82, 2.24) is 30.2 Å². The Labute approximate surface area is 223 Å². The summed E-state index contributed by atoms with van der Waals surface area (Å²) in [5.74, 6) is -1.07. The number of nitrogens with zero attached hydrogens (tertiary/aromatic N) is 5. The van der Waals surface area contributed by atoms with Gasteiger partial charge in [-0.05, 0) is 24.6 Å². The summed E-state index contributed by atoms with van der Waals surface area (Å²) in [6, 6.07) is 5.55. The summed E-state index contributed by atoms with van der Waals surface area (Å²) in [6.07, 6.45) is -1.56. The average molecular weight is 550 g/mol. The van der Waals surface area contributed by atoms with Crippen LogP contribution in [0.2, 0.25) is 0 Å². The highest BCUT2D eigenvalue weighted by Gasteiger charge is 2.51. The van der Waals surface area contributed by atoms with E-state index in [1.165, 1.54) is 35.8 Å². The van der Waals surface area contributed by atoms with Gasteiger partial charge < -0.3 is 19.4 Å². The number of amides is 5. The van der Waals surface area contributed by atoms with Crippen LogP contribution in [0.25, 0.3) is 0 Å². The van der Waals surface area contributed by atoms with Crippen molar-refractivity contribution in [3.8, 4) is 0 Å². The van der Waals surface area contributed by atoms with Crippen LogP contribution in [-0.2, 0) is 14.3 Å². The van der Waals surface area contributed by atoms with Crippen molar-refractivity contribution < 1.29 is 28.8 Å². The van der Waals surface area contributed by atoms with E-state index in [-0.39, 0.29) is 29.9 Å². The SMILES string of the molecule is CCOC(=O)N1CCN(C(=O)CSC2NC(c3ccc([N+](=O)[O-])cc3)NC3C2C(=O)N(C)C(=O)N3C)CC1. The predicted molar refractivity (Wildman–Crippen MR) is 137 cm³/mol. The maximum Gasteiger partial charge on any atom is 0.409 e. The Morgan fingerprint density at radius 2 is 1.71 bits per heavy atom. The zero-order valence-electron chi connectivity index (χ0n) is 21.4. The number of fused-ring (bicyclic) bond motifs is 1. The molecule has 3 fully saturated rings. The van der Waals surface area contributed by atoms with Crippen molar-refractivity contribution in [2.75, 3.05) is 52.6 Å². The van der Waals surface area contributed by atoms with E-state index in [0.29, 0.717) is 31.7 Å². The molecule has 14 nitrogen and oxygen atoms in total. The first-order chi connectivity index (χ1) is 18.1. The van der Waals surface area contributed by atoms with Gasteiger partial charge >= 0.3 is 12.1 Å². The number of nitrogens with one attached hydrogen (secondary N) is 2. The van der Waals surface area contributed by atoms with E-state index >= 15 is 0 Å². The molecule has 15 heteroatoms. The number of hydrogen-bond donors (Lipinski definition) is 2. The summed E-state index contributed by atoms with van der Waals surface area (Å²) in [6.45, 7) is 3.55. The van der Waals surface area contributed by atoms with Gasteiger partial charge in [0.2, 0.25) is 11.8 Å². The number of nitro benzene ring substituents is 1. The highest BCUT2D eigenvalue weighted by atomic mass is 32.2. The molecule has 3 aliphatic rings. The van der Waals surface area contributed by atoms with Crippen molar-refractivity contribution in [1.29, 1.82) is 0 Å². The minimum Gasteiger partial charge on any atom is -0.450 e. The van der Waals surface area contributed by atoms with E-state index in [1.54, 1.807) is 35.9 Å². The second kappa shape index (κ2) is 11.5. The second-order valence-electron chi connectivity index (χ2n) is 9.17. The fourth-order valence-electron chi connectivity index (χ4n) is 4.79. The first-order valence-corrected chi connectivity index (χ1v) is 13.3. The topological polar surface area (TPSA) is 158 Å². The number of carbonyl (C=O) groups excluding carboxylic acids is 4. The highest BCUT2D eigenvalue weighted by molar-refractivity contribution is 8.00. The molecule has 1 aromatic rings. The van der Waals surface area contributed by atoms with Crippen molar-refractivity contribution in [2.45, 2.75) is 24.6 Å². The van der Waals surface area contributed by atoms with Gasteiger partial charge in [0.1, 0.15) is 0 Å². The van der Waals surface area contributed by atoms with Crippen LogP contribution < -0.4 is 10.6 Å².